The number of nitrogens with one attached hydrogen (secondary N) is 1. The number of hydrogen-bond donors (Lipinski definition) is 2. The standard InChI is InChI=1S/C19H24FN3O/c1-19(24,15-5-7-16(20)8-6-15)14-22-17-9-12-23(13-10-17)18-4-2-3-11-21-18/h2-8,11,17,22,24H,9-10,12-14H2,1H3/t19-/m0/s1. The summed E-state index contributed by atoms with van der Waals surface area (Å²) in [4.78, 5) is 6.68. The van der Waals surface area contributed by atoms with E-state index in [1.54, 1.807) is 19.1 Å². The zero-order valence-corrected chi connectivity index (χ0v) is 14.0. The third-order valence-corrected chi connectivity index (χ3v) is 4.67. The van der Waals surface area contributed by atoms with Crippen molar-refractivity contribution in [1.82, 2.24) is 10.3 Å². The van der Waals surface area contributed by atoms with Gasteiger partial charge in [0.05, 0.1) is 5.60 Å². The summed E-state index contributed by atoms with van der Waals surface area (Å²) in [5, 5.41) is 14.1. The molecule has 0 spiro atoms. The summed E-state index contributed by atoms with van der Waals surface area (Å²) >= 11 is 0. The Morgan fingerprint density at radius 1 is 1.21 bits per heavy atom. The van der Waals surface area contributed by atoms with E-state index >= 15 is 0 Å². The number of rotatable bonds is 5. The molecule has 1 aromatic carbocycles. The van der Waals surface area contributed by atoms with Crippen LogP contribution in [0.25, 0.3) is 0 Å². The molecule has 1 aliphatic rings. The Kier molecular flexibility index (Phi) is 5.11. The average molecular weight is 329 g/mol. The molecule has 0 aliphatic carbocycles. The lowest BCUT2D eigenvalue weighted by molar-refractivity contribution is 0.0527. The first-order chi connectivity index (χ1) is 11.5. The van der Waals surface area contributed by atoms with Gasteiger partial charge >= 0.3 is 0 Å². The lowest BCUT2D eigenvalue weighted by Gasteiger charge is -2.35. The quantitative estimate of drug-likeness (QED) is 0.885. The Labute approximate surface area is 142 Å². The molecule has 2 N–H and O–H groups in total. The Balaban J connectivity index is 1.50. The first-order valence-corrected chi connectivity index (χ1v) is 8.42. The van der Waals surface area contributed by atoms with Gasteiger partial charge in [-0.1, -0.05) is 18.2 Å². The fraction of sp³-hybridized carbons (Fsp3) is 0.421. The van der Waals surface area contributed by atoms with E-state index in [0.717, 1.165) is 37.3 Å². The minimum Gasteiger partial charge on any atom is -0.384 e. The van der Waals surface area contributed by atoms with Gasteiger partial charge in [0.15, 0.2) is 0 Å². The van der Waals surface area contributed by atoms with Gasteiger partial charge in [0.1, 0.15) is 11.6 Å². The van der Waals surface area contributed by atoms with E-state index in [1.165, 1.54) is 12.1 Å². The fourth-order valence-corrected chi connectivity index (χ4v) is 3.11. The average Bonchev–Trinajstić information content (AvgIpc) is 2.62. The third kappa shape index (κ3) is 4.10. The Morgan fingerprint density at radius 3 is 2.54 bits per heavy atom. The number of piperidine rings is 1. The van der Waals surface area contributed by atoms with Gasteiger partial charge in [0.25, 0.3) is 0 Å². The number of halogens is 1. The van der Waals surface area contributed by atoms with Crippen LogP contribution in [0.1, 0.15) is 25.3 Å². The third-order valence-electron chi connectivity index (χ3n) is 4.67. The van der Waals surface area contributed by atoms with Crippen LogP contribution in [-0.4, -0.2) is 35.8 Å². The molecule has 3 rings (SSSR count). The second kappa shape index (κ2) is 7.28. The highest BCUT2D eigenvalue weighted by Gasteiger charge is 2.26. The molecule has 0 saturated carbocycles. The Bertz CT molecular complexity index is 637. The maximum Gasteiger partial charge on any atom is 0.128 e. The Hall–Kier alpha value is -1.98. The van der Waals surface area contributed by atoms with E-state index in [9.17, 15) is 9.50 Å². The van der Waals surface area contributed by atoms with Crippen LogP contribution in [0.4, 0.5) is 10.2 Å². The van der Waals surface area contributed by atoms with Crippen molar-refractivity contribution in [1.29, 1.82) is 0 Å². The molecule has 5 heteroatoms. The molecule has 4 nitrogen and oxygen atoms in total. The van der Waals surface area contributed by atoms with Crippen molar-refractivity contribution >= 4 is 5.82 Å². The van der Waals surface area contributed by atoms with Crippen LogP contribution in [0.15, 0.2) is 48.7 Å². The van der Waals surface area contributed by atoms with Crippen molar-refractivity contribution in [3.8, 4) is 0 Å². The van der Waals surface area contributed by atoms with E-state index in [-0.39, 0.29) is 5.82 Å². The predicted molar refractivity (Wildman–Crippen MR) is 93.4 cm³/mol. The molecule has 1 atom stereocenters. The van der Waals surface area contributed by atoms with E-state index in [2.05, 4.69) is 15.2 Å². The van der Waals surface area contributed by atoms with Gasteiger partial charge in [-0.3, -0.25) is 0 Å². The molecule has 2 heterocycles. The molecular weight excluding hydrogens is 305 g/mol. The molecule has 0 bridgehead atoms. The van der Waals surface area contributed by atoms with Crippen LogP contribution >= 0.6 is 0 Å². The first-order valence-electron chi connectivity index (χ1n) is 8.42. The number of benzene rings is 1. The molecule has 1 aliphatic heterocycles. The van der Waals surface area contributed by atoms with Gasteiger partial charge in [-0.2, -0.15) is 0 Å². The van der Waals surface area contributed by atoms with E-state index in [4.69, 9.17) is 0 Å². The lowest BCUT2D eigenvalue weighted by Crippen LogP contribution is -2.46. The van der Waals surface area contributed by atoms with Gasteiger partial charge in [-0.05, 0) is 49.6 Å². The number of pyridine rings is 1. The molecule has 1 aromatic heterocycles. The van der Waals surface area contributed by atoms with Crippen LogP contribution < -0.4 is 10.2 Å². The Morgan fingerprint density at radius 2 is 1.92 bits per heavy atom. The lowest BCUT2D eigenvalue weighted by atomic mass is 9.95. The van der Waals surface area contributed by atoms with Crippen LogP contribution in [0.2, 0.25) is 0 Å². The van der Waals surface area contributed by atoms with Crippen molar-refractivity contribution in [2.45, 2.75) is 31.4 Å². The number of anilines is 1. The fourth-order valence-electron chi connectivity index (χ4n) is 3.11. The maximum absolute atomic E-state index is 13.0. The van der Waals surface area contributed by atoms with Gasteiger partial charge in [-0.25, -0.2) is 9.37 Å². The maximum atomic E-state index is 13.0. The summed E-state index contributed by atoms with van der Waals surface area (Å²) in [6.07, 6.45) is 3.84. The topological polar surface area (TPSA) is 48.4 Å². The van der Waals surface area contributed by atoms with Crippen LogP contribution in [-0.2, 0) is 5.60 Å². The largest absolute Gasteiger partial charge is 0.384 e. The summed E-state index contributed by atoms with van der Waals surface area (Å²) in [5.74, 6) is 0.735. The molecule has 2 aromatic rings. The SMILES string of the molecule is C[C@](O)(CNC1CCN(c2ccccn2)CC1)c1ccc(F)cc1. The smallest absolute Gasteiger partial charge is 0.128 e. The van der Waals surface area contributed by atoms with Gasteiger partial charge < -0.3 is 15.3 Å². The van der Waals surface area contributed by atoms with Crippen LogP contribution in [0.3, 0.4) is 0 Å². The second-order valence-corrected chi connectivity index (χ2v) is 6.61. The number of aliphatic hydroxyl groups is 1. The summed E-state index contributed by atoms with van der Waals surface area (Å²) in [5.41, 5.74) is -0.284. The highest BCUT2D eigenvalue weighted by atomic mass is 19.1. The van der Waals surface area contributed by atoms with E-state index < -0.39 is 5.60 Å². The number of nitrogens with zero attached hydrogens (tertiary/aromatic N) is 2. The highest BCUT2D eigenvalue weighted by molar-refractivity contribution is 5.38. The van der Waals surface area contributed by atoms with Crippen LogP contribution in [0, 0.1) is 5.82 Å². The van der Waals surface area contributed by atoms with E-state index in [1.807, 2.05) is 24.4 Å². The summed E-state index contributed by atoms with van der Waals surface area (Å²) in [6.45, 7) is 4.11. The summed E-state index contributed by atoms with van der Waals surface area (Å²) < 4.78 is 13.0. The predicted octanol–water partition coefficient (Wildman–Crippen LogP) is 2.69. The van der Waals surface area contributed by atoms with Crippen molar-refractivity contribution in [2.24, 2.45) is 0 Å². The molecular formula is C19H24FN3O. The second-order valence-electron chi connectivity index (χ2n) is 6.61. The monoisotopic (exact) mass is 329 g/mol. The molecule has 0 radical (unpaired) electrons. The van der Waals surface area contributed by atoms with Crippen molar-refractivity contribution in [3.05, 3.63) is 60.0 Å². The van der Waals surface area contributed by atoms with Gasteiger partial charge in [-0.15, -0.1) is 0 Å². The minimum atomic E-state index is -1.01. The normalized spacial score (nSPS) is 18.4. The number of aromatic nitrogens is 1. The molecule has 0 unspecified atom stereocenters. The highest BCUT2D eigenvalue weighted by Crippen LogP contribution is 2.22. The zero-order valence-electron chi connectivity index (χ0n) is 14.0. The van der Waals surface area contributed by atoms with Gasteiger partial charge in [0, 0.05) is 31.9 Å². The molecule has 128 valence electrons. The van der Waals surface area contributed by atoms with Crippen LogP contribution in [0.5, 0.6) is 0 Å². The van der Waals surface area contributed by atoms with Crippen molar-refractivity contribution in [3.63, 3.8) is 0 Å². The molecule has 0 amide bonds. The van der Waals surface area contributed by atoms with E-state index in [0.29, 0.717) is 12.6 Å². The molecule has 1 fully saturated rings. The zero-order chi connectivity index (χ0) is 17.0. The summed E-state index contributed by atoms with van der Waals surface area (Å²) in [7, 11) is 0. The van der Waals surface area contributed by atoms with Crippen molar-refractivity contribution < 1.29 is 9.50 Å². The number of hydrogen-bond acceptors (Lipinski definition) is 4. The molecule has 1 saturated heterocycles. The first kappa shape index (κ1) is 16.9. The van der Waals surface area contributed by atoms with Crippen molar-refractivity contribution in [2.75, 3.05) is 24.5 Å². The molecule has 24 heavy (non-hydrogen) atoms. The van der Waals surface area contributed by atoms with Gasteiger partial charge in [0.2, 0.25) is 0 Å². The summed E-state index contributed by atoms with van der Waals surface area (Å²) in [6, 6.07) is 12.4. The minimum absolute atomic E-state index is 0.288.